The van der Waals surface area contributed by atoms with Crippen molar-refractivity contribution < 1.29 is 14.2 Å². The Morgan fingerprint density at radius 1 is 1.00 bits per heavy atom. The van der Waals surface area contributed by atoms with Gasteiger partial charge < -0.3 is 19.5 Å². The monoisotopic (exact) mass is 468 g/mol. The van der Waals surface area contributed by atoms with Crippen molar-refractivity contribution in [3.05, 3.63) is 59.7 Å². The third kappa shape index (κ3) is 6.74. The van der Waals surface area contributed by atoms with Gasteiger partial charge >= 0.3 is 0 Å². The summed E-state index contributed by atoms with van der Waals surface area (Å²) in [5.74, 6) is 2.22. The molecule has 5 nitrogen and oxygen atoms in total. The molecular formula is C24H34Cl2N2O3. The Labute approximate surface area is 198 Å². The van der Waals surface area contributed by atoms with Gasteiger partial charge in [0.25, 0.3) is 0 Å². The highest BCUT2D eigenvalue weighted by Gasteiger charge is 2.31. The van der Waals surface area contributed by atoms with Gasteiger partial charge in [-0.1, -0.05) is 36.4 Å². The molecule has 2 aromatic rings. The number of halogens is 2. The van der Waals surface area contributed by atoms with Crippen molar-refractivity contribution in [2.24, 2.45) is 5.92 Å². The van der Waals surface area contributed by atoms with Gasteiger partial charge in [-0.2, -0.15) is 0 Å². The van der Waals surface area contributed by atoms with E-state index in [1.165, 1.54) is 5.56 Å². The molecule has 7 heteroatoms. The Morgan fingerprint density at radius 2 is 1.71 bits per heavy atom. The van der Waals surface area contributed by atoms with E-state index < -0.39 is 0 Å². The van der Waals surface area contributed by atoms with Crippen LogP contribution >= 0.6 is 24.8 Å². The number of ether oxygens (including phenoxy) is 3. The molecule has 0 aromatic heterocycles. The molecule has 172 valence electrons. The molecule has 1 N–H and O–H groups in total. The fourth-order valence-corrected chi connectivity index (χ4v) is 4.50. The Bertz CT molecular complexity index is 749. The highest BCUT2D eigenvalue weighted by molar-refractivity contribution is 5.85. The second kappa shape index (κ2) is 13.1. The van der Waals surface area contributed by atoms with Gasteiger partial charge in [-0.15, -0.1) is 24.8 Å². The average molecular weight is 469 g/mol. The van der Waals surface area contributed by atoms with Crippen LogP contribution in [0.25, 0.3) is 0 Å². The van der Waals surface area contributed by atoms with Crippen LogP contribution in [0.3, 0.4) is 0 Å². The molecule has 0 aliphatic carbocycles. The van der Waals surface area contributed by atoms with E-state index in [9.17, 15) is 0 Å². The molecule has 2 aliphatic heterocycles. The molecule has 0 radical (unpaired) electrons. The lowest BCUT2D eigenvalue weighted by atomic mass is 9.85. The number of nitrogens with zero attached hydrogens (tertiary/aromatic N) is 1. The third-order valence-corrected chi connectivity index (χ3v) is 6.02. The van der Waals surface area contributed by atoms with E-state index in [1.807, 2.05) is 18.2 Å². The van der Waals surface area contributed by atoms with Gasteiger partial charge in [-0.3, -0.25) is 4.90 Å². The van der Waals surface area contributed by atoms with Crippen molar-refractivity contribution >= 4 is 24.8 Å². The first-order chi connectivity index (χ1) is 14.3. The molecule has 0 saturated carbocycles. The Balaban J connectivity index is 0.00000171. The Kier molecular flexibility index (Phi) is 10.9. The first-order valence-corrected chi connectivity index (χ1v) is 10.7. The van der Waals surface area contributed by atoms with Crippen LogP contribution in [-0.2, 0) is 11.3 Å². The third-order valence-electron chi connectivity index (χ3n) is 6.02. The minimum Gasteiger partial charge on any atom is -0.493 e. The van der Waals surface area contributed by atoms with E-state index in [2.05, 4.69) is 40.5 Å². The van der Waals surface area contributed by atoms with Gasteiger partial charge in [0, 0.05) is 45.4 Å². The van der Waals surface area contributed by atoms with Crippen LogP contribution in [0.2, 0.25) is 0 Å². The van der Waals surface area contributed by atoms with Gasteiger partial charge in [0.05, 0.1) is 7.11 Å². The predicted octanol–water partition coefficient (Wildman–Crippen LogP) is 4.49. The van der Waals surface area contributed by atoms with Gasteiger partial charge in [0.1, 0.15) is 6.61 Å². The van der Waals surface area contributed by atoms with Crippen molar-refractivity contribution in [2.75, 3.05) is 46.5 Å². The van der Waals surface area contributed by atoms with Crippen molar-refractivity contribution in [1.29, 1.82) is 0 Å². The summed E-state index contributed by atoms with van der Waals surface area (Å²) in [6.07, 6.45) is 2.23. The van der Waals surface area contributed by atoms with Crippen LogP contribution in [0.5, 0.6) is 11.5 Å². The molecule has 2 aromatic carbocycles. The molecule has 4 rings (SSSR count). The molecule has 0 unspecified atom stereocenters. The van der Waals surface area contributed by atoms with Crippen molar-refractivity contribution in [3.8, 4) is 11.5 Å². The Morgan fingerprint density at radius 3 is 2.39 bits per heavy atom. The zero-order chi connectivity index (χ0) is 19.9. The molecular weight excluding hydrogens is 435 g/mol. The highest BCUT2D eigenvalue weighted by atomic mass is 35.5. The fourth-order valence-electron chi connectivity index (χ4n) is 4.50. The maximum atomic E-state index is 6.07. The largest absolute Gasteiger partial charge is 0.493 e. The lowest BCUT2D eigenvalue weighted by Gasteiger charge is -2.41. The topological polar surface area (TPSA) is 43.0 Å². The SMILES string of the molecule is COc1cc([C@@H](C2CCOCC2)N2CCNCC2)ccc1OCc1ccccc1.Cl.Cl. The molecule has 2 fully saturated rings. The van der Waals surface area contributed by atoms with Crippen molar-refractivity contribution in [2.45, 2.75) is 25.5 Å². The molecule has 0 spiro atoms. The van der Waals surface area contributed by atoms with E-state index in [0.29, 0.717) is 18.6 Å². The lowest BCUT2D eigenvalue weighted by Crippen LogP contribution is -2.47. The van der Waals surface area contributed by atoms with E-state index in [4.69, 9.17) is 14.2 Å². The van der Waals surface area contributed by atoms with Gasteiger partial charge in [-0.05, 0) is 42.0 Å². The molecule has 2 aliphatic rings. The van der Waals surface area contributed by atoms with E-state index >= 15 is 0 Å². The van der Waals surface area contributed by atoms with E-state index in [1.54, 1.807) is 7.11 Å². The number of piperazine rings is 1. The molecule has 0 bridgehead atoms. The average Bonchev–Trinajstić information content (AvgIpc) is 2.80. The summed E-state index contributed by atoms with van der Waals surface area (Å²) in [6.45, 7) is 6.53. The van der Waals surface area contributed by atoms with Gasteiger partial charge in [0.2, 0.25) is 0 Å². The van der Waals surface area contributed by atoms with Crippen molar-refractivity contribution in [3.63, 3.8) is 0 Å². The number of hydrogen-bond donors (Lipinski definition) is 1. The minimum absolute atomic E-state index is 0. The van der Waals surface area contributed by atoms with Crippen LogP contribution in [-0.4, -0.2) is 51.4 Å². The summed E-state index contributed by atoms with van der Waals surface area (Å²) in [5, 5.41) is 3.48. The number of hydrogen-bond acceptors (Lipinski definition) is 5. The van der Waals surface area contributed by atoms with E-state index in [0.717, 1.165) is 69.3 Å². The first kappa shape index (κ1) is 25.8. The second-order valence-electron chi connectivity index (χ2n) is 7.87. The molecule has 0 amide bonds. The first-order valence-electron chi connectivity index (χ1n) is 10.7. The standard InChI is InChI=1S/C24H32N2O3.2ClH/c1-27-23-17-21(7-8-22(23)29-18-19-5-3-2-4-6-19)24(20-9-15-28-16-10-20)26-13-11-25-12-14-26;;/h2-8,17,20,24-25H,9-16,18H2,1H3;2*1H/t24-;;/m1../s1. The molecule has 31 heavy (non-hydrogen) atoms. The summed E-state index contributed by atoms with van der Waals surface area (Å²) < 4.78 is 17.4. The summed E-state index contributed by atoms with van der Waals surface area (Å²) in [7, 11) is 1.72. The number of benzene rings is 2. The van der Waals surface area contributed by atoms with Crippen molar-refractivity contribution in [1.82, 2.24) is 10.2 Å². The molecule has 1 atom stereocenters. The number of rotatable bonds is 7. The summed E-state index contributed by atoms with van der Waals surface area (Å²) >= 11 is 0. The minimum atomic E-state index is 0. The smallest absolute Gasteiger partial charge is 0.161 e. The quantitative estimate of drug-likeness (QED) is 0.648. The maximum absolute atomic E-state index is 6.07. The summed E-state index contributed by atoms with van der Waals surface area (Å²) in [5.41, 5.74) is 2.47. The normalized spacial score (nSPS) is 18.4. The second-order valence-corrected chi connectivity index (χ2v) is 7.87. The highest BCUT2D eigenvalue weighted by Crippen LogP contribution is 2.39. The molecule has 2 heterocycles. The van der Waals surface area contributed by atoms with Crippen LogP contribution < -0.4 is 14.8 Å². The number of methoxy groups -OCH3 is 1. The summed E-state index contributed by atoms with van der Waals surface area (Å²) in [4.78, 5) is 2.63. The van der Waals surface area contributed by atoms with Crippen LogP contribution in [0.1, 0.15) is 30.0 Å². The van der Waals surface area contributed by atoms with Gasteiger partial charge in [-0.25, -0.2) is 0 Å². The Hall–Kier alpha value is -1.50. The fraction of sp³-hybridized carbons (Fsp3) is 0.500. The van der Waals surface area contributed by atoms with Gasteiger partial charge in [0.15, 0.2) is 11.5 Å². The number of nitrogens with one attached hydrogen (secondary N) is 1. The zero-order valence-electron chi connectivity index (χ0n) is 18.1. The predicted molar refractivity (Wildman–Crippen MR) is 129 cm³/mol. The van der Waals surface area contributed by atoms with Crippen LogP contribution in [0.15, 0.2) is 48.5 Å². The van der Waals surface area contributed by atoms with Crippen LogP contribution in [0, 0.1) is 5.92 Å². The summed E-state index contributed by atoms with van der Waals surface area (Å²) in [6, 6.07) is 17.1. The zero-order valence-corrected chi connectivity index (χ0v) is 19.8. The molecule has 2 saturated heterocycles. The lowest BCUT2D eigenvalue weighted by molar-refractivity contribution is 0.0212. The van der Waals surface area contributed by atoms with Crippen LogP contribution in [0.4, 0.5) is 0 Å². The van der Waals surface area contributed by atoms with E-state index in [-0.39, 0.29) is 24.8 Å². The maximum Gasteiger partial charge on any atom is 0.161 e.